The Kier molecular flexibility index (Phi) is 3.40. The normalized spacial score (nSPS) is 13.8. The van der Waals surface area contributed by atoms with Crippen LogP contribution in [0, 0.1) is 19.9 Å². The van der Waals surface area contributed by atoms with E-state index in [-0.39, 0.29) is 11.1 Å². The van der Waals surface area contributed by atoms with Gasteiger partial charge >= 0.3 is 18.0 Å². The number of alkyl halides is 7. The van der Waals surface area contributed by atoms with Gasteiger partial charge in [-0.1, -0.05) is 12.1 Å². The molecule has 1 aromatic carbocycles. The van der Waals surface area contributed by atoms with Gasteiger partial charge in [-0.15, -0.1) is 0 Å². The lowest BCUT2D eigenvalue weighted by atomic mass is 9.91. The van der Waals surface area contributed by atoms with Gasteiger partial charge in [-0.25, -0.2) is 4.39 Å². The third kappa shape index (κ3) is 2.30. The van der Waals surface area contributed by atoms with E-state index in [1.165, 1.54) is 13.8 Å². The summed E-state index contributed by atoms with van der Waals surface area (Å²) in [6.45, 7) is 2.48. The molecule has 7 heteroatoms. The summed E-state index contributed by atoms with van der Waals surface area (Å²) in [6, 6.07) is 3.47. The Morgan fingerprint density at radius 3 is 1.39 bits per heavy atom. The van der Waals surface area contributed by atoms with Gasteiger partial charge in [-0.2, -0.15) is 26.3 Å². The van der Waals surface area contributed by atoms with Gasteiger partial charge in [0.25, 0.3) is 0 Å². The molecule has 0 aliphatic rings. The summed E-state index contributed by atoms with van der Waals surface area (Å²) < 4.78 is 88.3. The highest BCUT2D eigenvalue weighted by Gasteiger charge is 2.73. The smallest absolute Gasteiger partial charge is 0.218 e. The minimum absolute atomic E-state index is 0.000486. The molecule has 0 aromatic heterocycles. The molecule has 0 aliphatic carbocycles. The largest absolute Gasteiger partial charge is 0.435 e. The maximum absolute atomic E-state index is 13.6. The van der Waals surface area contributed by atoms with Crippen molar-refractivity contribution in [3.63, 3.8) is 0 Å². The molecule has 1 aromatic rings. The molecule has 0 saturated heterocycles. The lowest BCUT2D eigenvalue weighted by Crippen LogP contribution is -2.50. The molecule has 0 bridgehead atoms. The van der Waals surface area contributed by atoms with Crippen LogP contribution in [0.4, 0.5) is 30.7 Å². The summed E-state index contributed by atoms with van der Waals surface area (Å²) in [4.78, 5) is 0. The van der Waals surface area contributed by atoms with Crippen molar-refractivity contribution in [2.75, 3.05) is 0 Å². The first kappa shape index (κ1) is 14.8. The van der Waals surface area contributed by atoms with Crippen LogP contribution in [0.25, 0.3) is 0 Å². The molecule has 0 fully saturated rings. The van der Waals surface area contributed by atoms with E-state index in [4.69, 9.17) is 0 Å². The molecular formula is C11H8F7. The Morgan fingerprint density at radius 1 is 0.778 bits per heavy atom. The van der Waals surface area contributed by atoms with E-state index in [1.54, 1.807) is 0 Å². The molecule has 18 heavy (non-hydrogen) atoms. The fraction of sp³-hybridized carbons (Fsp3) is 0.455. The molecule has 0 heterocycles. The lowest BCUT2D eigenvalue weighted by Gasteiger charge is -2.30. The number of hydrogen-bond donors (Lipinski definition) is 0. The number of rotatable bonds is 1. The van der Waals surface area contributed by atoms with Crippen molar-refractivity contribution in [3.8, 4) is 0 Å². The molecule has 0 saturated carbocycles. The zero-order valence-electron chi connectivity index (χ0n) is 9.30. The van der Waals surface area contributed by atoms with E-state index in [1.807, 2.05) is 0 Å². The molecule has 1 rings (SSSR count). The van der Waals surface area contributed by atoms with Gasteiger partial charge in [-0.3, -0.25) is 0 Å². The van der Waals surface area contributed by atoms with Crippen LogP contribution in [0.3, 0.4) is 0 Å². The second-order valence-electron chi connectivity index (χ2n) is 3.89. The van der Waals surface area contributed by atoms with E-state index in [0.29, 0.717) is 12.1 Å². The molecule has 0 aliphatic heterocycles. The Balaban J connectivity index is 3.55. The topological polar surface area (TPSA) is 0 Å². The highest BCUT2D eigenvalue weighted by Crippen LogP contribution is 2.53. The predicted molar refractivity (Wildman–Crippen MR) is 49.6 cm³/mol. The van der Waals surface area contributed by atoms with Gasteiger partial charge in [0.1, 0.15) is 0 Å². The van der Waals surface area contributed by atoms with Crippen LogP contribution in [0.15, 0.2) is 12.1 Å². The summed E-state index contributed by atoms with van der Waals surface area (Å²) in [5.41, 5.74) is -6.85. The van der Waals surface area contributed by atoms with Crippen LogP contribution >= 0.6 is 0 Å². The van der Waals surface area contributed by atoms with Crippen molar-refractivity contribution in [3.05, 3.63) is 34.9 Å². The number of benzene rings is 1. The van der Waals surface area contributed by atoms with E-state index >= 15 is 0 Å². The Hall–Kier alpha value is -1.27. The second kappa shape index (κ2) is 4.13. The number of halogens is 7. The van der Waals surface area contributed by atoms with Crippen molar-refractivity contribution in [1.82, 2.24) is 0 Å². The average Bonchev–Trinajstić information content (AvgIpc) is 2.11. The molecule has 0 spiro atoms. The predicted octanol–water partition coefficient (Wildman–Crippen LogP) is 4.39. The summed E-state index contributed by atoms with van der Waals surface area (Å²) in [7, 11) is 0. The van der Waals surface area contributed by atoms with E-state index < -0.39 is 23.6 Å². The standard InChI is InChI=1S/C11H8F7/c1-6-3-7(2)5-8(4-6)9(12,10(13,14)15)11(16,17)18/h4-5H,1-2H3. The monoisotopic (exact) mass is 273 g/mol. The summed E-state index contributed by atoms with van der Waals surface area (Å²) in [5.74, 6) is 0. The van der Waals surface area contributed by atoms with Crippen LogP contribution in [0.5, 0.6) is 0 Å². The molecule has 0 unspecified atom stereocenters. The average molecular weight is 273 g/mol. The fourth-order valence-corrected chi connectivity index (χ4v) is 1.58. The maximum Gasteiger partial charge on any atom is 0.435 e. The molecule has 0 amide bonds. The van der Waals surface area contributed by atoms with Crippen LogP contribution in [0.1, 0.15) is 16.7 Å². The molecule has 0 nitrogen and oxygen atoms in total. The SMILES string of the molecule is Cc1[c]c(C)cc(C(F)(C(F)(F)F)C(F)(F)F)c1. The van der Waals surface area contributed by atoms with Crippen molar-refractivity contribution in [2.45, 2.75) is 31.9 Å². The zero-order valence-corrected chi connectivity index (χ0v) is 9.30. The van der Waals surface area contributed by atoms with Crippen molar-refractivity contribution >= 4 is 0 Å². The van der Waals surface area contributed by atoms with Gasteiger partial charge in [0.15, 0.2) is 0 Å². The minimum Gasteiger partial charge on any atom is -0.218 e. The summed E-state index contributed by atoms with van der Waals surface area (Å²) in [6.07, 6.45) is -12.2. The van der Waals surface area contributed by atoms with Crippen LogP contribution in [0.2, 0.25) is 0 Å². The number of hydrogen-bond acceptors (Lipinski definition) is 0. The Bertz CT molecular complexity index is 407. The molecule has 1 radical (unpaired) electrons. The van der Waals surface area contributed by atoms with Gasteiger partial charge in [0.05, 0.1) is 0 Å². The lowest BCUT2D eigenvalue weighted by molar-refractivity contribution is -0.348. The van der Waals surface area contributed by atoms with E-state index in [0.717, 1.165) is 0 Å². The van der Waals surface area contributed by atoms with Gasteiger partial charge in [-0.05, 0) is 31.0 Å². The minimum atomic E-state index is -6.08. The third-order valence-corrected chi connectivity index (χ3v) is 2.32. The zero-order chi connectivity index (χ0) is 14.4. The number of aryl methyl sites for hydroxylation is 2. The molecule has 101 valence electrons. The van der Waals surface area contributed by atoms with Gasteiger partial charge in [0.2, 0.25) is 0 Å². The van der Waals surface area contributed by atoms with E-state index in [2.05, 4.69) is 6.07 Å². The van der Waals surface area contributed by atoms with Crippen LogP contribution < -0.4 is 0 Å². The van der Waals surface area contributed by atoms with Crippen LogP contribution in [-0.2, 0) is 5.67 Å². The summed E-state index contributed by atoms with van der Waals surface area (Å²) in [5, 5.41) is 0. The van der Waals surface area contributed by atoms with Crippen molar-refractivity contribution in [2.24, 2.45) is 0 Å². The van der Waals surface area contributed by atoms with Crippen LogP contribution in [-0.4, -0.2) is 12.4 Å². The quantitative estimate of drug-likeness (QED) is 0.665. The highest BCUT2D eigenvalue weighted by molar-refractivity contribution is 5.34. The second-order valence-corrected chi connectivity index (χ2v) is 3.89. The summed E-state index contributed by atoms with van der Waals surface area (Å²) >= 11 is 0. The highest BCUT2D eigenvalue weighted by atomic mass is 19.4. The van der Waals surface area contributed by atoms with Gasteiger partial charge in [0, 0.05) is 5.56 Å². The molecule has 0 N–H and O–H groups in total. The first-order chi connectivity index (χ1) is 7.89. The molecular weight excluding hydrogens is 265 g/mol. The Morgan fingerprint density at radius 2 is 1.11 bits per heavy atom. The van der Waals surface area contributed by atoms with Gasteiger partial charge < -0.3 is 0 Å². The first-order valence-corrected chi connectivity index (χ1v) is 4.73. The van der Waals surface area contributed by atoms with E-state index in [9.17, 15) is 30.7 Å². The first-order valence-electron chi connectivity index (χ1n) is 4.73. The fourth-order valence-electron chi connectivity index (χ4n) is 1.58. The third-order valence-electron chi connectivity index (χ3n) is 2.32. The molecule has 0 atom stereocenters. The maximum atomic E-state index is 13.6. The Labute approximate surface area is 98.4 Å². The van der Waals surface area contributed by atoms with Crippen molar-refractivity contribution in [1.29, 1.82) is 0 Å². The van der Waals surface area contributed by atoms with Crippen molar-refractivity contribution < 1.29 is 30.7 Å².